The number of hydrogen-bond acceptors (Lipinski definition) is 3. The van der Waals surface area contributed by atoms with E-state index in [9.17, 15) is 40.3 Å². The number of nitrogens with zero attached hydrogens (tertiary/aromatic N) is 1. The van der Waals surface area contributed by atoms with E-state index in [2.05, 4.69) is 0 Å². The highest BCUT2D eigenvalue weighted by Gasteiger charge is 2.58. The van der Waals surface area contributed by atoms with Crippen LogP contribution in [0.25, 0.3) is 0 Å². The SMILES string of the molecule is Cc1c(SC(F)(F)C(F)(F)F)ccc(N(C)C(=O)NC(=O)c2c(F)cccc2F)c1C. The minimum Gasteiger partial charge on any atom is -0.297 e. The first-order chi connectivity index (χ1) is 14.2. The minimum atomic E-state index is -5.75. The number of alkyl halides is 5. The average molecular weight is 468 g/mol. The van der Waals surface area contributed by atoms with Gasteiger partial charge in [0.05, 0.1) is 0 Å². The first kappa shape index (κ1) is 24.5. The summed E-state index contributed by atoms with van der Waals surface area (Å²) in [5.41, 5.74) is -0.655. The summed E-state index contributed by atoms with van der Waals surface area (Å²) in [5, 5.41) is -3.23. The molecule has 2 aromatic carbocycles. The van der Waals surface area contributed by atoms with Gasteiger partial charge in [-0.1, -0.05) is 6.07 Å². The number of carbonyl (C=O) groups is 2. The zero-order valence-electron chi connectivity index (χ0n) is 16.2. The van der Waals surface area contributed by atoms with Gasteiger partial charge in [-0.15, -0.1) is 0 Å². The molecule has 0 aromatic heterocycles. The molecular formula is C19H15F7N2O2S. The van der Waals surface area contributed by atoms with E-state index < -0.39 is 52.3 Å². The molecule has 0 atom stereocenters. The lowest BCUT2D eigenvalue weighted by Gasteiger charge is -2.24. The van der Waals surface area contributed by atoms with Crippen LogP contribution in [0.2, 0.25) is 0 Å². The van der Waals surface area contributed by atoms with Crippen LogP contribution in [0.5, 0.6) is 0 Å². The van der Waals surface area contributed by atoms with Crippen molar-refractivity contribution >= 4 is 29.4 Å². The summed E-state index contributed by atoms with van der Waals surface area (Å²) in [6.07, 6.45) is -5.75. The molecule has 168 valence electrons. The third-order valence-electron chi connectivity index (χ3n) is 4.35. The fraction of sp³-hybridized carbons (Fsp3) is 0.263. The van der Waals surface area contributed by atoms with Crippen LogP contribution in [-0.2, 0) is 0 Å². The molecule has 12 heteroatoms. The Morgan fingerprint density at radius 3 is 2.00 bits per heavy atom. The maximum atomic E-state index is 13.7. The summed E-state index contributed by atoms with van der Waals surface area (Å²) in [6, 6.07) is 3.68. The number of thioether (sulfide) groups is 1. The molecule has 31 heavy (non-hydrogen) atoms. The van der Waals surface area contributed by atoms with Gasteiger partial charge in [0.2, 0.25) is 0 Å². The van der Waals surface area contributed by atoms with Crippen molar-refractivity contribution < 1.29 is 40.3 Å². The van der Waals surface area contributed by atoms with Gasteiger partial charge in [0.25, 0.3) is 5.91 Å². The molecule has 3 amide bonds. The van der Waals surface area contributed by atoms with Crippen molar-refractivity contribution in [2.45, 2.75) is 30.2 Å². The number of urea groups is 1. The molecule has 0 heterocycles. The van der Waals surface area contributed by atoms with Gasteiger partial charge in [-0.25, -0.2) is 13.6 Å². The summed E-state index contributed by atoms with van der Waals surface area (Å²) in [7, 11) is 1.18. The van der Waals surface area contributed by atoms with E-state index in [-0.39, 0.29) is 21.7 Å². The van der Waals surface area contributed by atoms with E-state index in [0.717, 1.165) is 35.2 Å². The molecule has 0 bridgehead atoms. The van der Waals surface area contributed by atoms with Crippen LogP contribution < -0.4 is 10.2 Å². The van der Waals surface area contributed by atoms with Crippen molar-refractivity contribution in [3.63, 3.8) is 0 Å². The van der Waals surface area contributed by atoms with Crippen LogP contribution in [0.4, 0.5) is 41.2 Å². The summed E-state index contributed by atoms with van der Waals surface area (Å²) >= 11 is -0.681. The Morgan fingerprint density at radius 1 is 0.935 bits per heavy atom. The number of hydrogen-bond donors (Lipinski definition) is 1. The molecule has 0 spiro atoms. The van der Waals surface area contributed by atoms with Crippen LogP contribution in [0.3, 0.4) is 0 Å². The maximum Gasteiger partial charge on any atom is 0.464 e. The Bertz CT molecular complexity index is 1000. The Labute approximate surface area is 176 Å². The minimum absolute atomic E-state index is 0.0533. The van der Waals surface area contributed by atoms with E-state index >= 15 is 0 Å². The zero-order valence-corrected chi connectivity index (χ0v) is 17.0. The van der Waals surface area contributed by atoms with Crippen LogP contribution in [0.15, 0.2) is 35.2 Å². The third kappa shape index (κ3) is 5.12. The number of rotatable bonds is 4. The molecule has 2 rings (SSSR count). The average Bonchev–Trinajstić information content (AvgIpc) is 2.64. The Hall–Kier alpha value is -2.76. The smallest absolute Gasteiger partial charge is 0.297 e. The number of anilines is 1. The van der Waals surface area contributed by atoms with Crippen molar-refractivity contribution in [1.29, 1.82) is 0 Å². The molecular weight excluding hydrogens is 453 g/mol. The second-order valence-corrected chi connectivity index (χ2v) is 7.52. The number of amides is 3. The van der Waals surface area contributed by atoms with Gasteiger partial charge < -0.3 is 0 Å². The van der Waals surface area contributed by atoms with Gasteiger partial charge >= 0.3 is 17.5 Å². The third-order valence-corrected chi connectivity index (χ3v) is 5.50. The molecule has 2 aromatic rings. The molecule has 0 aliphatic carbocycles. The summed E-state index contributed by atoms with van der Waals surface area (Å²) in [5.74, 6) is -3.72. The summed E-state index contributed by atoms with van der Waals surface area (Å²) < 4.78 is 91.5. The largest absolute Gasteiger partial charge is 0.464 e. The lowest BCUT2D eigenvalue weighted by Crippen LogP contribution is -2.41. The Kier molecular flexibility index (Phi) is 6.94. The molecule has 0 saturated carbocycles. The lowest BCUT2D eigenvalue weighted by atomic mass is 10.1. The predicted molar refractivity (Wildman–Crippen MR) is 100 cm³/mol. The van der Waals surface area contributed by atoms with E-state index in [1.807, 2.05) is 0 Å². The number of halogens is 7. The standard InChI is InChI=1S/C19H15F7N2O2S/c1-9-10(2)14(31-19(25,26)18(22,23)24)8-7-13(9)28(3)17(30)27-16(29)15-11(20)5-4-6-12(15)21/h4-8H,1-3H3,(H,27,29,30). The second-order valence-electron chi connectivity index (χ2n) is 6.36. The lowest BCUT2D eigenvalue weighted by molar-refractivity contribution is -0.237. The van der Waals surface area contributed by atoms with Crippen LogP contribution in [0, 0.1) is 25.5 Å². The molecule has 0 aliphatic heterocycles. The number of nitrogens with one attached hydrogen (secondary N) is 1. The van der Waals surface area contributed by atoms with E-state index in [1.54, 1.807) is 5.32 Å². The van der Waals surface area contributed by atoms with Gasteiger partial charge in [0.15, 0.2) is 0 Å². The van der Waals surface area contributed by atoms with Gasteiger partial charge in [-0.3, -0.25) is 15.0 Å². The molecule has 0 fully saturated rings. The molecule has 0 unspecified atom stereocenters. The highest BCUT2D eigenvalue weighted by molar-refractivity contribution is 8.00. The zero-order chi connectivity index (χ0) is 23.7. The maximum absolute atomic E-state index is 13.7. The molecule has 0 saturated heterocycles. The predicted octanol–water partition coefficient (Wildman–Crippen LogP) is 5.82. The van der Waals surface area contributed by atoms with Crippen molar-refractivity contribution in [2.75, 3.05) is 11.9 Å². The van der Waals surface area contributed by atoms with Crippen LogP contribution in [0.1, 0.15) is 21.5 Å². The van der Waals surface area contributed by atoms with Gasteiger partial charge in [0.1, 0.15) is 17.2 Å². The van der Waals surface area contributed by atoms with Gasteiger partial charge in [-0.2, -0.15) is 22.0 Å². The normalized spacial score (nSPS) is 11.9. The topological polar surface area (TPSA) is 49.4 Å². The van der Waals surface area contributed by atoms with Gasteiger partial charge in [0, 0.05) is 17.6 Å². The first-order valence-electron chi connectivity index (χ1n) is 8.44. The first-order valence-corrected chi connectivity index (χ1v) is 9.25. The highest BCUT2D eigenvalue weighted by Crippen LogP contribution is 2.49. The second kappa shape index (κ2) is 8.77. The molecule has 4 nitrogen and oxygen atoms in total. The van der Waals surface area contributed by atoms with Crippen molar-refractivity contribution in [3.05, 3.63) is 58.7 Å². The fourth-order valence-corrected chi connectivity index (χ4v) is 3.35. The van der Waals surface area contributed by atoms with E-state index in [1.165, 1.54) is 20.9 Å². The highest BCUT2D eigenvalue weighted by atomic mass is 32.2. The molecule has 0 radical (unpaired) electrons. The van der Waals surface area contributed by atoms with Crippen LogP contribution >= 0.6 is 11.8 Å². The molecule has 0 aliphatic rings. The quantitative estimate of drug-likeness (QED) is 0.455. The van der Waals surface area contributed by atoms with Crippen molar-refractivity contribution in [3.8, 4) is 0 Å². The van der Waals surface area contributed by atoms with Gasteiger partial charge in [-0.05, 0) is 61.0 Å². The van der Waals surface area contributed by atoms with Crippen LogP contribution in [-0.4, -0.2) is 30.4 Å². The monoisotopic (exact) mass is 468 g/mol. The number of benzene rings is 2. The molecule has 1 N–H and O–H groups in total. The summed E-state index contributed by atoms with van der Waals surface area (Å²) in [4.78, 5) is 24.9. The van der Waals surface area contributed by atoms with E-state index in [0.29, 0.717) is 0 Å². The van der Waals surface area contributed by atoms with E-state index in [4.69, 9.17) is 0 Å². The Balaban J connectivity index is 2.25. The van der Waals surface area contributed by atoms with Crippen molar-refractivity contribution in [2.24, 2.45) is 0 Å². The number of carbonyl (C=O) groups excluding carboxylic acids is 2. The number of imide groups is 1. The Morgan fingerprint density at radius 2 is 1.48 bits per heavy atom. The van der Waals surface area contributed by atoms with Crippen molar-refractivity contribution in [1.82, 2.24) is 5.32 Å². The fourth-order valence-electron chi connectivity index (χ4n) is 2.52. The summed E-state index contributed by atoms with van der Waals surface area (Å²) in [6.45, 7) is 2.67.